The summed E-state index contributed by atoms with van der Waals surface area (Å²) in [5.74, 6) is 1.08. The zero-order valence-corrected chi connectivity index (χ0v) is 24.6. The summed E-state index contributed by atoms with van der Waals surface area (Å²) >= 11 is 0. The minimum absolute atomic E-state index is 0.0320. The normalized spacial score (nSPS) is 15.4. The molecule has 1 aliphatic rings. The highest BCUT2D eigenvalue weighted by Crippen LogP contribution is 2.48. The Morgan fingerprint density at radius 1 is 0.591 bits per heavy atom. The van der Waals surface area contributed by atoms with Gasteiger partial charge in [0.25, 0.3) is 0 Å². The summed E-state index contributed by atoms with van der Waals surface area (Å²) < 4.78 is 24.8. The minimum Gasteiger partial charge on any atom is -0.485 e. The first kappa shape index (κ1) is 29.2. The molecule has 5 nitrogen and oxygen atoms in total. The molecule has 44 heavy (non-hydrogen) atoms. The quantitative estimate of drug-likeness (QED) is 0.0973. The van der Waals surface area contributed by atoms with Crippen molar-refractivity contribution in [3.63, 3.8) is 0 Å². The lowest BCUT2D eigenvalue weighted by molar-refractivity contribution is -0.144. The molecule has 6 rings (SSSR count). The van der Waals surface area contributed by atoms with Gasteiger partial charge in [-0.15, -0.1) is 0 Å². The van der Waals surface area contributed by atoms with Crippen molar-refractivity contribution in [3.8, 4) is 11.5 Å². The van der Waals surface area contributed by atoms with Crippen LogP contribution < -0.4 is 9.47 Å². The Labute approximate surface area is 259 Å². The zero-order valence-electron chi connectivity index (χ0n) is 24.6. The van der Waals surface area contributed by atoms with E-state index in [-0.39, 0.29) is 31.2 Å². The van der Waals surface area contributed by atoms with Crippen LogP contribution in [-0.4, -0.2) is 12.1 Å². The minimum atomic E-state index is -0.240. The van der Waals surface area contributed by atoms with E-state index in [1.165, 1.54) is 5.56 Å². The fraction of sp³-hybridized carbons (Fsp3) is 0.205. The molecule has 5 heteroatoms. The average Bonchev–Trinajstić information content (AvgIpc) is 3.85. The average molecular weight is 585 g/mol. The molecule has 1 heterocycles. The highest BCUT2D eigenvalue weighted by atomic mass is 16.6. The Morgan fingerprint density at radius 2 is 1.11 bits per heavy atom. The van der Waals surface area contributed by atoms with E-state index in [1.54, 1.807) is 0 Å². The predicted molar refractivity (Wildman–Crippen MR) is 170 cm³/mol. The van der Waals surface area contributed by atoms with E-state index in [1.807, 2.05) is 115 Å². The van der Waals surface area contributed by atoms with Gasteiger partial charge < -0.3 is 18.9 Å². The lowest BCUT2D eigenvalue weighted by Crippen LogP contribution is -2.08. The van der Waals surface area contributed by atoms with Crippen LogP contribution in [0.3, 0.4) is 0 Å². The van der Waals surface area contributed by atoms with E-state index in [4.69, 9.17) is 18.9 Å². The third-order valence-electron chi connectivity index (χ3n) is 7.64. The molecule has 0 spiro atoms. The van der Waals surface area contributed by atoms with Gasteiger partial charge in [-0.25, -0.2) is 0 Å². The van der Waals surface area contributed by atoms with E-state index in [0.29, 0.717) is 31.1 Å². The first-order chi connectivity index (χ1) is 21.7. The van der Waals surface area contributed by atoms with Crippen molar-refractivity contribution < 1.29 is 23.7 Å². The maximum Gasteiger partial charge on any atom is 0.306 e. The standard InChI is InChI=1S/C39H36O5/c40-37(42-27-31-17-9-3-10-18-31)22-21-33-23-34(39-36(44-39)24-29-13-5-1-6-14-29)38(43-28-32-19-11-4-12-20-32)35(25-33)41-26-30-15-7-2-8-16-30/h1-20,23,25,36,39H,21-22,24,26-28H2. The van der Waals surface area contributed by atoms with Gasteiger partial charge in [0.2, 0.25) is 0 Å². The second-order valence-corrected chi connectivity index (χ2v) is 11.0. The van der Waals surface area contributed by atoms with Crippen molar-refractivity contribution in [2.75, 3.05) is 0 Å². The first-order valence-electron chi connectivity index (χ1n) is 15.1. The van der Waals surface area contributed by atoms with Crippen molar-refractivity contribution >= 4 is 5.97 Å². The molecule has 222 valence electrons. The van der Waals surface area contributed by atoms with E-state index in [2.05, 4.69) is 18.2 Å². The number of esters is 1. The van der Waals surface area contributed by atoms with Crippen LogP contribution in [0.5, 0.6) is 11.5 Å². The number of rotatable bonds is 14. The first-order valence-corrected chi connectivity index (χ1v) is 15.1. The molecule has 0 saturated carbocycles. The Bertz CT molecular complexity index is 1620. The Morgan fingerprint density at radius 3 is 1.70 bits per heavy atom. The molecule has 0 bridgehead atoms. The molecular formula is C39H36O5. The van der Waals surface area contributed by atoms with Crippen LogP contribution >= 0.6 is 0 Å². The third kappa shape index (κ3) is 8.15. The Balaban J connectivity index is 1.25. The maximum atomic E-state index is 12.7. The number of hydrogen-bond acceptors (Lipinski definition) is 5. The van der Waals surface area contributed by atoms with Gasteiger partial charge in [-0.3, -0.25) is 4.79 Å². The Hall–Kier alpha value is -4.87. The van der Waals surface area contributed by atoms with Crippen molar-refractivity contribution in [2.24, 2.45) is 0 Å². The molecule has 5 aromatic rings. The van der Waals surface area contributed by atoms with Gasteiger partial charge >= 0.3 is 5.97 Å². The summed E-state index contributed by atoms with van der Waals surface area (Å²) in [5.41, 5.74) is 6.23. The van der Waals surface area contributed by atoms with Gasteiger partial charge in [0.1, 0.15) is 25.9 Å². The number of carbonyl (C=O) groups is 1. The fourth-order valence-corrected chi connectivity index (χ4v) is 5.24. The second-order valence-electron chi connectivity index (χ2n) is 11.0. The lowest BCUT2D eigenvalue weighted by atomic mass is 9.99. The molecule has 5 aromatic carbocycles. The summed E-state index contributed by atoms with van der Waals surface area (Å²) in [4.78, 5) is 12.7. The monoisotopic (exact) mass is 584 g/mol. The van der Waals surface area contributed by atoms with Crippen molar-refractivity contribution in [1.29, 1.82) is 0 Å². The molecule has 1 fully saturated rings. The van der Waals surface area contributed by atoms with E-state index in [0.717, 1.165) is 34.2 Å². The topological polar surface area (TPSA) is 57.3 Å². The lowest BCUT2D eigenvalue weighted by Gasteiger charge is -2.18. The predicted octanol–water partition coefficient (Wildman–Crippen LogP) is 8.20. The molecular weight excluding hydrogens is 548 g/mol. The van der Waals surface area contributed by atoms with Crippen LogP contribution in [0.4, 0.5) is 0 Å². The van der Waals surface area contributed by atoms with Gasteiger partial charge in [-0.2, -0.15) is 0 Å². The second kappa shape index (κ2) is 14.5. The number of benzene rings is 5. The zero-order chi connectivity index (χ0) is 30.0. The molecule has 0 radical (unpaired) electrons. The summed E-state index contributed by atoms with van der Waals surface area (Å²) in [6, 6.07) is 44.4. The molecule has 0 amide bonds. The number of aryl methyl sites for hydroxylation is 1. The van der Waals surface area contributed by atoms with Crippen LogP contribution in [0, 0.1) is 0 Å². The van der Waals surface area contributed by atoms with Gasteiger partial charge in [0, 0.05) is 18.4 Å². The van der Waals surface area contributed by atoms with Crippen LogP contribution in [0.25, 0.3) is 0 Å². The largest absolute Gasteiger partial charge is 0.485 e. The highest BCUT2D eigenvalue weighted by molar-refractivity contribution is 5.70. The molecule has 2 unspecified atom stereocenters. The third-order valence-corrected chi connectivity index (χ3v) is 7.64. The molecule has 2 atom stereocenters. The molecule has 1 aliphatic heterocycles. The number of epoxide rings is 1. The van der Waals surface area contributed by atoms with Gasteiger partial charge in [-0.1, -0.05) is 121 Å². The van der Waals surface area contributed by atoms with Gasteiger partial charge in [0.05, 0.1) is 6.10 Å². The number of hydrogen-bond donors (Lipinski definition) is 0. The fourth-order valence-electron chi connectivity index (χ4n) is 5.24. The van der Waals surface area contributed by atoms with Crippen molar-refractivity contribution in [2.45, 2.75) is 51.3 Å². The van der Waals surface area contributed by atoms with Crippen LogP contribution in [0.15, 0.2) is 133 Å². The summed E-state index contributed by atoms with van der Waals surface area (Å²) in [5, 5.41) is 0. The summed E-state index contributed by atoms with van der Waals surface area (Å²) in [7, 11) is 0. The number of ether oxygens (including phenoxy) is 4. The van der Waals surface area contributed by atoms with Gasteiger partial charge in [0.15, 0.2) is 11.5 Å². The summed E-state index contributed by atoms with van der Waals surface area (Å²) in [6.07, 6.45) is 1.47. The smallest absolute Gasteiger partial charge is 0.306 e. The van der Waals surface area contributed by atoms with Crippen LogP contribution in [0.2, 0.25) is 0 Å². The van der Waals surface area contributed by atoms with Gasteiger partial charge in [-0.05, 0) is 46.4 Å². The molecule has 0 aliphatic carbocycles. The van der Waals surface area contributed by atoms with Crippen LogP contribution in [0.1, 0.15) is 45.9 Å². The van der Waals surface area contributed by atoms with E-state index < -0.39 is 0 Å². The molecule has 0 N–H and O–H groups in total. The Kier molecular flexibility index (Phi) is 9.65. The maximum absolute atomic E-state index is 12.7. The highest BCUT2D eigenvalue weighted by Gasteiger charge is 2.43. The molecule has 0 aromatic heterocycles. The van der Waals surface area contributed by atoms with E-state index >= 15 is 0 Å². The van der Waals surface area contributed by atoms with Crippen molar-refractivity contribution in [3.05, 3.63) is 167 Å². The number of carbonyl (C=O) groups excluding carboxylic acids is 1. The summed E-state index contributed by atoms with van der Waals surface area (Å²) in [6.45, 7) is 1.06. The SMILES string of the molecule is O=C(CCc1cc(OCc2ccccc2)c(OCc2ccccc2)c(C2OC2Cc2ccccc2)c1)OCc1ccccc1. The van der Waals surface area contributed by atoms with Crippen LogP contribution in [-0.2, 0) is 46.9 Å². The molecule has 1 saturated heterocycles. The van der Waals surface area contributed by atoms with E-state index in [9.17, 15) is 4.79 Å². The van der Waals surface area contributed by atoms with Crippen molar-refractivity contribution in [1.82, 2.24) is 0 Å².